The van der Waals surface area contributed by atoms with Gasteiger partial charge in [-0.05, 0) is 48.0 Å². The van der Waals surface area contributed by atoms with Crippen LogP contribution in [0.25, 0.3) is 10.9 Å². The van der Waals surface area contributed by atoms with Crippen molar-refractivity contribution in [1.82, 2.24) is 9.47 Å². The average molecular weight is 535 g/mol. The molecule has 6 nitrogen and oxygen atoms in total. The van der Waals surface area contributed by atoms with Gasteiger partial charge in [-0.2, -0.15) is 18.4 Å². The Morgan fingerprint density at radius 1 is 0.897 bits per heavy atom. The van der Waals surface area contributed by atoms with Crippen LogP contribution in [-0.2, 0) is 12.7 Å². The number of pyridine rings is 1. The first-order chi connectivity index (χ1) is 18.7. The fourth-order valence-electron chi connectivity index (χ4n) is 4.87. The van der Waals surface area contributed by atoms with Gasteiger partial charge >= 0.3 is 6.18 Å². The fourth-order valence-corrected chi connectivity index (χ4v) is 4.87. The van der Waals surface area contributed by atoms with Crippen molar-refractivity contribution in [2.24, 2.45) is 0 Å². The van der Waals surface area contributed by atoms with Gasteiger partial charge in [0.2, 0.25) is 0 Å². The zero-order valence-electron chi connectivity index (χ0n) is 20.6. The molecule has 3 aromatic carbocycles. The number of alkyl halides is 3. The predicted octanol–water partition coefficient (Wildman–Crippen LogP) is 5.04. The van der Waals surface area contributed by atoms with Gasteiger partial charge < -0.3 is 14.4 Å². The molecule has 1 aliphatic heterocycles. The molecule has 1 amide bonds. The van der Waals surface area contributed by atoms with Crippen LogP contribution in [-0.4, -0.2) is 41.6 Å². The SMILES string of the molecule is N#Cc1c(N2CCN(C(=O)c3ccc(C(F)(F)F)cc3)CC2)c2ccccc2n(Cc2ccc(F)cc2)c1=O. The van der Waals surface area contributed by atoms with Gasteiger partial charge in [0.25, 0.3) is 11.5 Å². The van der Waals surface area contributed by atoms with Gasteiger partial charge in [-0.3, -0.25) is 9.59 Å². The van der Waals surface area contributed by atoms with Gasteiger partial charge in [-0.1, -0.05) is 30.3 Å². The number of fused-ring (bicyclic) bond motifs is 1. The Kier molecular flexibility index (Phi) is 6.83. The highest BCUT2D eigenvalue weighted by Crippen LogP contribution is 2.31. The van der Waals surface area contributed by atoms with E-state index in [1.54, 1.807) is 29.2 Å². The number of aromatic nitrogens is 1. The smallest absolute Gasteiger partial charge is 0.366 e. The molecule has 1 saturated heterocycles. The number of hydrogen-bond acceptors (Lipinski definition) is 4. The highest BCUT2D eigenvalue weighted by molar-refractivity contribution is 5.96. The lowest BCUT2D eigenvalue weighted by atomic mass is 10.1. The minimum absolute atomic E-state index is 0.0293. The Balaban J connectivity index is 1.42. The number of amides is 1. The second kappa shape index (κ2) is 10.3. The molecular formula is C29H22F4N4O2. The molecule has 0 spiro atoms. The van der Waals surface area contributed by atoms with E-state index in [0.717, 1.165) is 12.1 Å². The van der Waals surface area contributed by atoms with Gasteiger partial charge in [-0.15, -0.1) is 0 Å². The highest BCUT2D eigenvalue weighted by Gasteiger charge is 2.31. The number of rotatable bonds is 4. The molecular weight excluding hydrogens is 512 g/mol. The van der Waals surface area contributed by atoms with Gasteiger partial charge in [0.05, 0.1) is 23.3 Å². The molecule has 2 heterocycles. The molecule has 0 aliphatic carbocycles. The zero-order chi connectivity index (χ0) is 27.7. The summed E-state index contributed by atoms with van der Waals surface area (Å²) in [5, 5.41) is 10.7. The number of anilines is 1. The molecule has 39 heavy (non-hydrogen) atoms. The number of piperazine rings is 1. The topological polar surface area (TPSA) is 69.3 Å². The van der Waals surface area contributed by atoms with Crippen LogP contribution in [0.5, 0.6) is 0 Å². The van der Waals surface area contributed by atoms with Crippen LogP contribution >= 0.6 is 0 Å². The summed E-state index contributed by atoms with van der Waals surface area (Å²) >= 11 is 0. The van der Waals surface area contributed by atoms with Crippen LogP contribution in [0.15, 0.2) is 77.6 Å². The lowest BCUT2D eigenvalue weighted by molar-refractivity contribution is -0.137. The zero-order valence-corrected chi connectivity index (χ0v) is 20.6. The number of halogens is 4. The Morgan fingerprint density at radius 3 is 2.15 bits per heavy atom. The van der Waals surface area contributed by atoms with E-state index in [0.29, 0.717) is 35.2 Å². The monoisotopic (exact) mass is 534 g/mol. The Labute approximate surface area is 220 Å². The summed E-state index contributed by atoms with van der Waals surface area (Å²) in [5.74, 6) is -0.775. The van der Waals surface area contributed by atoms with Crippen molar-refractivity contribution in [2.75, 3.05) is 31.1 Å². The van der Waals surface area contributed by atoms with E-state index in [2.05, 4.69) is 6.07 Å². The number of carbonyl (C=O) groups excluding carboxylic acids is 1. The quantitative estimate of drug-likeness (QED) is 0.344. The van der Waals surface area contributed by atoms with Crippen molar-refractivity contribution < 1.29 is 22.4 Å². The molecule has 0 N–H and O–H groups in total. The largest absolute Gasteiger partial charge is 0.416 e. The van der Waals surface area contributed by atoms with Crippen LogP contribution in [0.2, 0.25) is 0 Å². The Morgan fingerprint density at radius 2 is 1.54 bits per heavy atom. The molecule has 5 rings (SSSR count). The average Bonchev–Trinajstić information content (AvgIpc) is 2.94. The highest BCUT2D eigenvalue weighted by atomic mass is 19.4. The number of nitriles is 1. The first-order valence-corrected chi connectivity index (χ1v) is 12.2. The molecule has 1 aliphatic rings. The summed E-state index contributed by atoms with van der Waals surface area (Å²) in [6.07, 6.45) is -4.48. The third kappa shape index (κ3) is 5.08. The Bertz CT molecular complexity index is 1630. The summed E-state index contributed by atoms with van der Waals surface area (Å²) in [6.45, 7) is 1.33. The lowest BCUT2D eigenvalue weighted by Gasteiger charge is -2.37. The van der Waals surface area contributed by atoms with Crippen LogP contribution < -0.4 is 10.5 Å². The number of carbonyl (C=O) groups is 1. The molecule has 198 valence electrons. The molecule has 1 aromatic heterocycles. The third-order valence-corrected chi connectivity index (χ3v) is 6.85. The lowest BCUT2D eigenvalue weighted by Crippen LogP contribution is -2.49. The van der Waals surface area contributed by atoms with Crippen molar-refractivity contribution in [3.05, 3.63) is 111 Å². The van der Waals surface area contributed by atoms with Crippen LogP contribution in [0, 0.1) is 17.1 Å². The maximum absolute atomic E-state index is 13.5. The van der Waals surface area contributed by atoms with Crippen LogP contribution in [0.1, 0.15) is 27.0 Å². The van der Waals surface area contributed by atoms with Gasteiger partial charge in [0, 0.05) is 37.1 Å². The normalized spacial score (nSPS) is 13.9. The minimum atomic E-state index is -4.48. The summed E-state index contributed by atoms with van der Waals surface area (Å²) in [6, 6.07) is 19.2. The fraction of sp³-hybridized carbons (Fsp3) is 0.207. The molecule has 0 bridgehead atoms. The molecule has 0 radical (unpaired) electrons. The summed E-state index contributed by atoms with van der Waals surface area (Å²) in [7, 11) is 0. The predicted molar refractivity (Wildman–Crippen MR) is 138 cm³/mol. The van der Waals surface area contributed by atoms with Crippen molar-refractivity contribution in [2.45, 2.75) is 12.7 Å². The van der Waals surface area contributed by atoms with Crippen molar-refractivity contribution in [3.63, 3.8) is 0 Å². The van der Waals surface area contributed by atoms with Crippen molar-refractivity contribution >= 4 is 22.5 Å². The van der Waals surface area contributed by atoms with E-state index in [9.17, 15) is 32.4 Å². The molecule has 0 atom stereocenters. The maximum Gasteiger partial charge on any atom is 0.416 e. The molecule has 0 saturated carbocycles. The molecule has 0 unspecified atom stereocenters. The molecule has 10 heteroatoms. The van der Waals surface area contributed by atoms with Crippen molar-refractivity contribution in [3.8, 4) is 6.07 Å². The van der Waals surface area contributed by atoms with E-state index in [-0.39, 0.29) is 42.5 Å². The van der Waals surface area contributed by atoms with Gasteiger partial charge in [0.1, 0.15) is 17.4 Å². The first-order valence-electron chi connectivity index (χ1n) is 12.2. The van der Waals surface area contributed by atoms with Crippen LogP contribution in [0.4, 0.5) is 23.2 Å². The second-order valence-electron chi connectivity index (χ2n) is 9.22. The van der Waals surface area contributed by atoms with E-state index in [4.69, 9.17) is 0 Å². The third-order valence-electron chi connectivity index (χ3n) is 6.85. The van der Waals surface area contributed by atoms with Crippen molar-refractivity contribution in [1.29, 1.82) is 5.26 Å². The van der Waals surface area contributed by atoms with Gasteiger partial charge in [-0.25, -0.2) is 4.39 Å². The van der Waals surface area contributed by atoms with E-state index in [1.165, 1.54) is 28.8 Å². The summed E-state index contributed by atoms with van der Waals surface area (Å²) in [4.78, 5) is 29.9. The standard InChI is InChI=1S/C29H22F4N4O2/c30-22-11-5-19(6-12-22)18-37-25-4-2-1-3-23(25)26(24(17-34)28(37)39)35-13-15-36(16-14-35)27(38)20-7-9-21(10-8-20)29(31,32)33/h1-12H,13-16,18H2. The summed E-state index contributed by atoms with van der Waals surface area (Å²) in [5.41, 5.74) is 0.629. The maximum atomic E-state index is 13.5. The minimum Gasteiger partial charge on any atom is -0.366 e. The number of benzene rings is 3. The number of hydrogen-bond donors (Lipinski definition) is 0. The number of para-hydroxylation sites is 1. The second-order valence-corrected chi connectivity index (χ2v) is 9.22. The molecule has 1 fully saturated rings. The first kappa shape index (κ1) is 26.0. The number of nitrogens with zero attached hydrogens (tertiary/aromatic N) is 4. The van der Waals surface area contributed by atoms with Gasteiger partial charge in [0.15, 0.2) is 0 Å². The summed E-state index contributed by atoms with van der Waals surface area (Å²) < 4.78 is 53.5. The van der Waals surface area contributed by atoms with E-state index in [1.807, 2.05) is 17.0 Å². The molecule has 4 aromatic rings. The Hall–Kier alpha value is -4.65. The van der Waals surface area contributed by atoms with E-state index >= 15 is 0 Å². The van der Waals surface area contributed by atoms with Crippen LogP contribution in [0.3, 0.4) is 0 Å². The van der Waals surface area contributed by atoms with E-state index < -0.39 is 17.3 Å².